The first-order valence-corrected chi connectivity index (χ1v) is 25.6. The van der Waals surface area contributed by atoms with Crippen molar-refractivity contribution in [3.8, 4) is 11.8 Å². The summed E-state index contributed by atoms with van der Waals surface area (Å²) in [5.74, 6) is 6.94. The van der Waals surface area contributed by atoms with Crippen LogP contribution in [0.5, 0.6) is 0 Å². The molecule has 22 nitrogen and oxygen atoms in total. The van der Waals surface area contributed by atoms with Crippen molar-refractivity contribution < 1.29 is 51.4 Å². The van der Waals surface area contributed by atoms with E-state index < -0.39 is 68.7 Å². The number of aromatic nitrogens is 8. The molecule has 2 aromatic carbocycles. The number of carbonyl (C=O) groups excluding carboxylic acids is 2. The fourth-order valence-electron chi connectivity index (χ4n) is 7.79. The molecule has 3 saturated heterocycles. The number of aromatic amines is 2. The lowest BCUT2D eigenvalue weighted by Gasteiger charge is -2.29. The number of carbonyl (C=O) groups is 2. The summed E-state index contributed by atoms with van der Waals surface area (Å²) >= 11 is 5.62. The minimum absolute atomic E-state index is 0.00131. The van der Waals surface area contributed by atoms with Crippen molar-refractivity contribution in [1.29, 1.82) is 0 Å². The van der Waals surface area contributed by atoms with Crippen molar-refractivity contribution in [3.05, 3.63) is 89.5 Å². The number of nitrogens with two attached hydrogens (primary N) is 2. The third kappa shape index (κ3) is 9.23. The number of fused-ring (bicyclic) bond motifs is 6. The number of amides is 1. The van der Waals surface area contributed by atoms with Gasteiger partial charge >= 0.3 is 18.8 Å². The van der Waals surface area contributed by atoms with Gasteiger partial charge in [-0.1, -0.05) is 42.2 Å². The van der Waals surface area contributed by atoms with E-state index in [2.05, 4.69) is 51.7 Å². The first-order chi connectivity index (χ1) is 31.4. The van der Waals surface area contributed by atoms with Gasteiger partial charge in [0.15, 0.2) is 22.9 Å². The van der Waals surface area contributed by atoms with E-state index in [1.54, 1.807) is 11.0 Å². The van der Waals surface area contributed by atoms with E-state index in [1.165, 1.54) is 12.7 Å². The second kappa shape index (κ2) is 17.8. The Morgan fingerprint density at radius 3 is 2.08 bits per heavy atom. The maximum atomic E-state index is 14.9. The van der Waals surface area contributed by atoms with Gasteiger partial charge in [0.1, 0.15) is 66.4 Å². The van der Waals surface area contributed by atoms with Gasteiger partial charge in [0, 0.05) is 24.0 Å². The van der Waals surface area contributed by atoms with Gasteiger partial charge in [-0.25, -0.2) is 39.3 Å². The van der Waals surface area contributed by atoms with Crippen LogP contribution in [0, 0.1) is 11.8 Å². The summed E-state index contributed by atoms with van der Waals surface area (Å²) in [5, 5.41) is -1.04. The van der Waals surface area contributed by atoms with Crippen LogP contribution in [0.3, 0.4) is 0 Å². The number of hydrogen-bond acceptors (Lipinski definition) is 20. The number of nitrogens with zero attached hydrogens (tertiary/aromatic N) is 7. The van der Waals surface area contributed by atoms with Crippen LogP contribution in [0.2, 0.25) is 0 Å². The lowest BCUT2D eigenvalue weighted by atomic mass is 10.0. The second-order valence-corrected chi connectivity index (χ2v) is 21.7. The summed E-state index contributed by atoms with van der Waals surface area (Å²) in [6, 6.07) is 14.8. The van der Waals surface area contributed by atoms with Crippen LogP contribution >= 0.6 is 24.9 Å². The van der Waals surface area contributed by atoms with E-state index >= 15 is 0 Å². The standard InChI is InChI=1S/C39H37N11O11P2S2/c40-33-31-37(44-18-42-33)48-35(46-31)26-13-24-29(59-26)17-57-63(54,61-25-14-27(58-28(25)16-56-62(53,64)60-24)36-47-32-34(41)43-19-45-38(32)49-36)65-39(52)55-12-11-30(51)50-15-22-7-2-1-5-20(22)9-10-21-6-3-4-8-23(21)50/h1-8,18-19,24-29H,11-17H2,(H,53,64)(H3,40,42,44,46,48)(H3,41,43,45,47,49)/t24?,25?,26-,27-,28?,29?,62?,63?/m1/s1. The van der Waals surface area contributed by atoms with E-state index in [9.17, 15) is 19.0 Å². The lowest BCUT2D eigenvalue weighted by Crippen LogP contribution is -2.33. The van der Waals surface area contributed by atoms with Gasteiger partial charge in [0.05, 0.1) is 55.5 Å². The Balaban J connectivity index is 0.882. The molecule has 3 fully saturated rings. The zero-order chi connectivity index (χ0) is 44.9. The Kier molecular flexibility index (Phi) is 11.9. The van der Waals surface area contributed by atoms with E-state index in [0.29, 0.717) is 39.6 Å². The molecule has 8 atom stereocenters. The molecule has 65 heavy (non-hydrogen) atoms. The Hall–Kier alpha value is -5.41. The van der Waals surface area contributed by atoms with E-state index in [1.807, 2.05) is 42.5 Å². The molecule has 6 unspecified atom stereocenters. The quantitative estimate of drug-likeness (QED) is 0.0843. The molecule has 0 saturated carbocycles. The highest BCUT2D eigenvalue weighted by atomic mass is 32.7. The molecule has 0 bridgehead atoms. The number of benzene rings is 2. The number of H-pyrrole nitrogens is 2. The van der Waals surface area contributed by atoms with Gasteiger partial charge in [-0.3, -0.25) is 13.8 Å². The molecule has 4 aliphatic rings. The normalized spacial score (nSPS) is 27.7. The molecular weight excluding hydrogens is 925 g/mol. The van der Waals surface area contributed by atoms with Crippen molar-refractivity contribution in [1.82, 2.24) is 39.9 Å². The van der Waals surface area contributed by atoms with Crippen LogP contribution in [-0.2, 0) is 60.0 Å². The highest BCUT2D eigenvalue weighted by molar-refractivity contribution is 8.62. The number of ether oxygens (including phenoxy) is 3. The molecular formula is C39H37N11O11P2S2. The minimum Gasteiger partial charge on any atom is -0.457 e. The number of rotatable bonds is 6. The predicted octanol–water partition coefficient (Wildman–Crippen LogP) is 4.89. The maximum Gasteiger partial charge on any atom is 0.400 e. The van der Waals surface area contributed by atoms with Gasteiger partial charge < -0.3 is 54.5 Å². The van der Waals surface area contributed by atoms with Crippen LogP contribution in [0.4, 0.5) is 22.1 Å². The Labute approximate surface area is 377 Å². The predicted molar refractivity (Wildman–Crippen MR) is 236 cm³/mol. The zero-order valence-corrected chi connectivity index (χ0v) is 37.1. The SMILES string of the molecule is Nc1ncnc2nc([C@H]3CC4OP(=O)(SC(=O)OCCC(=O)N5Cc6ccccc6C#Cc6ccccc65)OCC5O[C@@H](c6nc7ncnc(N)c7[nH]6)CC5OP(O)(=S)OCC4O3)[nH]c12. The fraction of sp³-hybridized carbons (Fsp3) is 0.333. The molecule has 26 heteroatoms. The Morgan fingerprint density at radius 1 is 0.831 bits per heavy atom. The second-order valence-electron chi connectivity index (χ2n) is 15.1. The van der Waals surface area contributed by atoms with Crippen molar-refractivity contribution in [2.24, 2.45) is 0 Å². The largest absolute Gasteiger partial charge is 0.457 e. The van der Waals surface area contributed by atoms with Crippen molar-refractivity contribution in [2.45, 2.75) is 62.4 Å². The van der Waals surface area contributed by atoms with Gasteiger partial charge in [-0.2, -0.15) is 0 Å². The van der Waals surface area contributed by atoms with Crippen molar-refractivity contribution in [3.63, 3.8) is 0 Å². The highest BCUT2D eigenvalue weighted by Crippen LogP contribution is 2.64. The van der Waals surface area contributed by atoms with Crippen LogP contribution in [0.15, 0.2) is 61.2 Å². The van der Waals surface area contributed by atoms with Gasteiger partial charge in [0.25, 0.3) is 0 Å². The highest BCUT2D eigenvalue weighted by Gasteiger charge is 2.49. The van der Waals surface area contributed by atoms with Crippen LogP contribution in [0.25, 0.3) is 22.3 Å². The molecule has 0 spiro atoms. The number of hydrogen-bond donors (Lipinski definition) is 5. The summed E-state index contributed by atoms with van der Waals surface area (Å²) in [4.78, 5) is 71.8. The topological polar surface area (TPSA) is 300 Å². The molecule has 10 rings (SSSR count). The maximum absolute atomic E-state index is 14.9. The van der Waals surface area contributed by atoms with Crippen LogP contribution in [0.1, 0.15) is 59.8 Å². The van der Waals surface area contributed by atoms with Crippen LogP contribution < -0.4 is 16.4 Å². The summed E-state index contributed by atoms with van der Waals surface area (Å²) < 4.78 is 57.1. The van der Waals surface area contributed by atoms with Crippen molar-refractivity contribution >= 4 is 87.6 Å². The van der Waals surface area contributed by atoms with E-state index in [4.69, 9.17) is 55.6 Å². The number of nitrogen functional groups attached to an aromatic ring is 2. The Bertz CT molecular complexity index is 3000. The summed E-state index contributed by atoms with van der Waals surface area (Å²) in [6.45, 7) is -9.60. The van der Waals surface area contributed by atoms with E-state index in [-0.39, 0.29) is 67.0 Å². The number of para-hydroxylation sites is 1. The molecule has 4 aromatic heterocycles. The number of imidazole rings is 2. The minimum atomic E-state index is -4.58. The molecule has 4 aliphatic heterocycles. The average molecular weight is 962 g/mol. The third-order valence-corrected chi connectivity index (χ3v) is 15.7. The van der Waals surface area contributed by atoms with Gasteiger partial charge in [0.2, 0.25) is 5.91 Å². The Morgan fingerprint density at radius 2 is 1.42 bits per heavy atom. The van der Waals surface area contributed by atoms with Crippen LogP contribution in [-0.4, -0.2) is 100 Å². The first-order valence-electron chi connectivity index (χ1n) is 20.0. The molecule has 336 valence electrons. The first kappa shape index (κ1) is 43.5. The van der Waals surface area contributed by atoms with E-state index in [0.717, 1.165) is 11.1 Å². The molecule has 6 aromatic rings. The third-order valence-electron chi connectivity index (χ3n) is 10.9. The van der Waals surface area contributed by atoms with Gasteiger partial charge in [-0.05, 0) is 35.6 Å². The molecule has 7 N–H and O–H groups in total. The zero-order valence-electron chi connectivity index (χ0n) is 33.7. The molecule has 0 radical (unpaired) electrons. The van der Waals surface area contributed by atoms with Crippen molar-refractivity contribution in [2.75, 3.05) is 36.2 Å². The molecule has 1 amide bonds. The fourth-order valence-corrected chi connectivity index (χ4v) is 12.1. The summed E-state index contributed by atoms with van der Waals surface area (Å²) in [5.41, 5.74) is 16.3. The summed E-state index contributed by atoms with van der Waals surface area (Å²) in [6.07, 6.45) is -3.45. The summed E-state index contributed by atoms with van der Waals surface area (Å²) in [7, 11) is 0. The molecule has 0 aliphatic carbocycles. The number of anilines is 3. The smallest absolute Gasteiger partial charge is 0.400 e. The number of nitrogens with one attached hydrogen (secondary N) is 2. The monoisotopic (exact) mass is 961 g/mol. The molecule has 8 heterocycles. The average Bonchev–Trinajstić information content (AvgIpc) is 4.08. The van der Waals surface area contributed by atoms with Gasteiger partial charge in [-0.15, -0.1) is 0 Å². The lowest BCUT2D eigenvalue weighted by molar-refractivity contribution is -0.119.